The Kier molecular flexibility index (Phi) is 6.26. The fraction of sp³-hybridized carbons (Fsp3) is 0.231. The summed E-state index contributed by atoms with van der Waals surface area (Å²) in [5.74, 6) is -3.41. The highest BCUT2D eigenvalue weighted by atomic mass is 19.1. The van der Waals surface area contributed by atoms with Crippen molar-refractivity contribution < 1.29 is 33.1 Å². The third-order valence-corrected chi connectivity index (χ3v) is 5.87. The number of esters is 1. The number of hydroxylamine groups is 2. The molecule has 1 atom stereocenters. The van der Waals surface area contributed by atoms with E-state index in [0.717, 1.165) is 11.1 Å². The molecule has 7 nitrogen and oxygen atoms in total. The number of benzene rings is 2. The van der Waals surface area contributed by atoms with Crippen molar-refractivity contribution in [3.8, 4) is 0 Å². The van der Waals surface area contributed by atoms with Gasteiger partial charge in [-0.25, -0.2) is 9.18 Å². The van der Waals surface area contributed by atoms with Crippen LogP contribution in [0.2, 0.25) is 0 Å². The Labute approximate surface area is 195 Å². The fourth-order valence-electron chi connectivity index (χ4n) is 4.10. The molecule has 8 heteroatoms. The number of halogens is 1. The van der Waals surface area contributed by atoms with Gasteiger partial charge < -0.3 is 4.74 Å². The Morgan fingerprint density at radius 1 is 1.00 bits per heavy atom. The van der Waals surface area contributed by atoms with Crippen LogP contribution in [0.25, 0.3) is 5.57 Å². The van der Waals surface area contributed by atoms with Crippen LogP contribution < -0.4 is 0 Å². The van der Waals surface area contributed by atoms with Crippen LogP contribution in [0, 0.1) is 11.2 Å². The van der Waals surface area contributed by atoms with Crippen molar-refractivity contribution in [2.24, 2.45) is 5.41 Å². The predicted octanol–water partition coefficient (Wildman–Crippen LogP) is 3.91. The van der Waals surface area contributed by atoms with Crippen molar-refractivity contribution >= 4 is 29.1 Å². The van der Waals surface area contributed by atoms with Gasteiger partial charge >= 0.3 is 5.97 Å². The SMILES string of the molecule is CCOC(=O)C(=O)C1=CC=C(c2ccc(F)cc2)CC1(C)CON1C(=O)c2ccccc2C1=O. The number of allylic oxidation sites excluding steroid dienone is 3. The summed E-state index contributed by atoms with van der Waals surface area (Å²) in [4.78, 5) is 56.1. The molecule has 0 saturated heterocycles. The van der Waals surface area contributed by atoms with E-state index >= 15 is 0 Å². The molecule has 1 unspecified atom stereocenters. The Balaban J connectivity index is 1.63. The first-order valence-corrected chi connectivity index (χ1v) is 10.7. The second-order valence-corrected chi connectivity index (χ2v) is 8.29. The average molecular weight is 463 g/mol. The highest BCUT2D eigenvalue weighted by Crippen LogP contribution is 2.42. The van der Waals surface area contributed by atoms with Crippen LogP contribution in [0.15, 0.2) is 66.3 Å². The lowest BCUT2D eigenvalue weighted by Crippen LogP contribution is -2.39. The van der Waals surface area contributed by atoms with E-state index in [-0.39, 0.29) is 42.2 Å². The molecule has 174 valence electrons. The number of imide groups is 1. The number of carbonyl (C=O) groups excluding carboxylic acids is 4. The number of ketones is 1. The second kappa shape index (κ2) is 9.15. The first-order chi connectivity index (χ1) is 16.2. The molecule has 0 spiro atoms. The van der Waals surface area contributed by atoms with Gasteiger partial charge in [0.05, 0.1) is 24.3 Å². The van der Waals surface area contributed by atoms with Crippen molar-refractivity contribution in [3.63, 3.8) is 0 Å². The zero-order valence-electron chi connectivity index (χ0n) is 18.7. The number of rotatable bonds is 7. The molecule has 34 heavy (non-hydrogen) atoms. The molecule has 0 radical (unpaired) electrons. The summed E-state index contributed by atoms with van der Waals surface area (Å²) >= 11 is 0. The van der Waals surface area contributed by atoms with Gasteiger partial charge in [0.2, 0.25) is 0 Å². The number of Topliss-reactive ketones (excluding diaryl/α,β-unsaturated/α-hetero) is 1. The topological polar surface area (TPSA) is 90.0 Å². The van der Waals surface area contributed by atoms with Crippen molar-refractivity contribution in [2.75, 3.05) is 13.2 Å². The van der Waals surface area contributed by atoms with Crippen molar-refractivity contribution in [3.05, 3.63) is 88.8 Å². The summed E-state index contributed by atoms with van der Waals surface area (Å²) in [7, 11) is 0. The molecule has 2 amide bonds. The van der Waals surface area contributed by atoms with E-state index in [1.807, 2.05) is 0 Å². The second-order valence-electron chi connectivity index (χ2n) is 8.29. The Bertz CT molecular complexity index is 1210. The normalized spacial score (nSPS) is 19.4. The molecule has 1 heterocycles. The van der Waals surface area contributed by atoms with Gasteiger partial charge in [-0.3, -0.25) is 19.2 Å². The van der Waals surface area contributed by atoms with Crippen molar-refractivity contribution in [1.29, 1.82) is 0 Å². The maximum absolute atomic E-state index is 13.4. The molecule has 0 fully saturated rings. The van der Waals surface area contributed by atoms with Gasteiger partial charge in [-0.2, -0.15) is 0 Å². The standard InChI is InChI=1S/C26H22FNO6/c1-3-33-25(32)22(29)21-13-10-17(16-8-11-18(27)12-9-16)14-26(21,2)15-34-28-23(30)19-6-4-5-7-20(19)24(28)31/h4-13H,3,14-15H2,1-2H3. The van der Waals surface area contributed by atoms with Gasteiger partial charge in [0, 0.05) is 11.0 Å². The summed E-state index contributed by atoms with van der Waals surface area (Å²) in [6.07, 6.45) is 3.43. The zero-order chi connectivity index (χ0) is 24.5. The molecule has 0 aromatic heterocycles. The first kappa shape index (κ1) is 23.3. The highest BCUT2D eigenvalue weighted by molar-refractivity contribution is 6.41. The van der Waals surface area contributed by atoms with E-state index in [0.29, 0.717) is 5.06 Å². The van der Waals surface area contributed by atoms with E-state index in [4.69, 9.17) is 9.57 Å². The third-order valence-electron chi connectivity index (χ3n) is 5.87. The van der Waals surface area contributed by atoms with E-state index in [1.165, 1.54) is 30.3 Å². The van der Waals surface area contributed by atoms with E-state index in [1.54, 1.807) is 44.2 Å². The molecule has 1 aliphatic carbocycles. The molecule has 4 rings (SSSR count). The molecule has 0 bridgehead atoms. The molecule has 0 saturated carbocycles. The summed E-state index contributed by atoms with van der Waals surface area (Å²) in [5, 5.41) is 0.679. The van der Waals surface area contributed by atoms with Crippen LogP contribution in [0.3, 0.4) is 0 Å². The zero-order valence-corrected chi connectivity index (χ0v) is 18.7. The van der Waals surface area contributed by atoms with Crippen LogP contribution in [-0.4, -0.2) is 41.8 Å². The molecule has 2 aromatic carbocycles. The molecular weight excluding hydrogens is 441 g/mol. The minimum Gasteiger partial charge on any atom is -0.460 e. The van der Waals surface area contributed by atoms with Crippen LogP contribution in [0.1, 0.15) is 46.5 Å². The smallest absolute Gasteiger partial charge is 0.379 e. The number of hydrogen-bond donors (Lipinski definition) is 0. The first-order valence-electron chi connectivity index (χ1n) is 10.7. The van der Waals surface area contributed by atoms with Gasteiger partial charge in [0.1, 0.15) is 5.82 Å². The lowest BCUT2D eigenvalue weighted by atomic mass is 9.71. The van der Waals surface area contributed by atoms with E-state index in [9.17, 15) is 23.6 Å². The Morgan fingerprint density at radius 2 is 1.62 bits per heavy atom. The monoisotopic (exact) mass is 463 g/mol. The molecule has 0 N–H and O–H groups in total. The van der Waals surface area contributed by atoms with E-state index in [2.05, 4.69) is 0 Å². The Hall–Kier alpha value is -3.91. The lowest BCUT2D eigenvalue weighted by molar-refractivity contribution is -0.153. The van der Waals surface area contributed by atoms with Crippen LogP contribution in [0.4, 0.5) is 4.39 Å². The minimum absolute atomic E-state index is 0.0385. The number of carbonyl (C=O) groups is 4. The molecule has 2 aromatic rings. The number of amides is 2. The maximum Gasteiger partial charge on any atom is 0.379 e. The van der Waals surface area contributed by atoms with Gasteiger partial charge in [-0.05, 0) is 48.7 Å². The summed E-state index contributed by atoms with van der Waals surface area (Å²) in [5.41, 5.74) is 1.00. The van der Waals surface area contributed by atoms with Crippen molar-refractivity contribution in [1.82, 2.24) is 5.06 Å². The van der Waals surface area contributed by atoms with Gasteiger partial charge in [-0.1, -0.05) is 43.3 Å². The average Bonchev–Trinajstić information content (AvgIpc) is 3.07. The minimum atomic E-state index is -1.09. The van der Waals surface area contributed by atoms with Gasteiger partial charge in [0.15, 0.2) is 0 Å². The van der Waals surface area contributed by atoms with Crippen LogP contribution in [0.5, 0.6) is 0 Å². The van der Waals surface area contributed by atoms with Gasteiger partial charge in [0.25, 0.3) is 17.6 Å². The van der Waals surface area contributed by atoms with Crippen LogP contribution >= 0.6 is 0 Å². The molecule has 2 aliphatic rings. The summed E-state index contributed by atoms with van der Waals surface area (Å²) in [6.45, 7) is 3.09. The fourth-order valence-corrected chi connectivity index (χ4v) is 4.10. The van der Waals surface area contributed by atoms with Crippen molar-refractivity contribution in [2.45, 2.75) is 20.3 Å². The summed E-state index contributed by atoms with van der Waals surface area (Å²) in [6, 6.07) is 12.2. The molecule has 1 aliphatic heterocycles. The van der Waals surface area contributed by atoms with E-state index < -0.39 is 29.0 Å². The predicted molar refractivity (Wildman–Crippen MR) is 120 cm³/mol. The number of hydrogen-bond acceptors (Lipinski definition) is 6. The number of fused-ring (bicyclic) bond motifs is 1. The van der Waals surface area contributed by atoms with Crippen LogP contribution in [-0.2, 0) is 19.2 Å². The maximum atomic E-state index is 13.4. The quantitative estimate of drug-likeness (QED) is 0.351. The number of nitrogens with zero attached hydrogens (tertiary/aromatic N) is 1. The molecular formula is C26H22FNO6. The number of ether oxygens (including phenoxy) is 1. The summed E-state index contributed by atoms with van der Waals surface area (Å²) < 4.78 is 18.3. The lowest BCUT2D eigenvalue weighted by Gasteiger charge is -2.35. The highest BCUT2D eigenvalue weighted by Gasteiger charge is 2.43. The Morgan fingerprint density at radius 3 is 2.21 bits per heavy atom. The third kappa shape index (κ3) is 4.20. The largest absolute Gasteiger partial charge is 0.460 e. The van der Waals surface area contributed by atoms with Gasteiger partial charge in [-0.15, -0.1) is 5.06 Å².